The summed E-state index contributed by atoms with van der Waals surface area (Å²) in [6.45, 7) is 11.6. The van der Waals surface area contributed by atoms with E-state index < -0.39 is 0 Å². The highest BCUT2D eigenvalue weighted by Gasteiger charge is 2.12. The number of aliphatic hydroxyl groups excluding tert-OH is 1. The Labute approximate surface area is 92.9 Å². The Hall–Kier alpha value is 0.270. The van der Waals surface area contributed by atoms with Crippen molar-refractivity contribution in [2.45, 2.75) is 57.9 Å². The number of hydrogen-bond donors (Lipinski definition) is 2. The van der Waals surface area contributed by atoms with E-state index in [0.29, 0.717) is 10.8 Å². The highest BCUT2D eigenvalue weighted by Crippen LogP contribution is 2.23. The highest BCUT2D eigenvalue weighted by molar-refractivity contribution is 8.00. The van der Waals surface area contributed by atoms with Crippen molar-refractivity contribution in [1.29, 1.82) is 0 Å². The Morgan fingerprint density at radius 2 is 1.86 bits per heavy atom. The van der Waals surface area contributed by atoms with Crippen molar-refractivity contribution in [3.63, 3.8) is 0 Å². The first-order valence-electron chi connectivity index (χ1n) is 5.36. The van der Waals surface area contributed by atoms with Crippen LogP contribution in [-0.2, 0) is 0 Å². The number of hydrogen-bond acceptors (Lipinski definition) is 3. The third-order valence-corrected chi connectivity index (χ3v) is 3.35. The molecule has 2 unspecified atom stereocenters. The van der Waals surface area contributed by atoms with Gasteiger partial charge in [-0.2, -0.15) is 11.8 Å². The third kappa shape index (κ3) is 10.4. The van der Waals surface area contributed by atoms with E-state index >= 15 is 0 Å². The predicted octanol–water partition coefficient (Wildman–Crippen LogP) is 2.27. The number of thioether (sulfide) groups is 1. The number of aliphatic hydroxyl groups is 1. The molecule has 2 nitrogen and oxygen atoms in total. The van der Waals surface area contributed by atoms with E-state index in [1.165, 1.54) is 0 Å². The summed E-state index contributed by atoms with van der Waals surface area (Å²) in [5, 5.41) is 12.5. The van der Waals surface area contributed by atoms with E-state index in [0.717, 1.165) is 18.7 Å². The Morgan fingerprint density at radius 1 is 1.29 bits per heavy atom. The maximum Gasteiger partial charge on any atom is 0.0524 e. The SMILES string of the molecule is CC(O)CCNC(C)CSC(C)(C)C. The zero-order valence-electron chi connectivity index (χ0n) is 10.1. The van der Waals surface area contributed by atoms with Gasteiger partial charge in [0.15, 0.2) is 0 Å². The van der Waals surface area contributed by atoms with E-state index in [1.54, 1.807) is 0 Å². The second kappa shape index (κ2) is 6.70. The third-order valence-electron chi connectivity index (χ3n) is 1.82. The lowest BCUT2D eigenvalue weighted by molar-refractivity contribution is 0.183. The second-order valence-corrected chi connectivity index (χ2v) is 6.76. The predicted molar refractivity (Wildman–Crippen MR) is 66.0 cm³/mol. The summed E-state index contributed by atoms with van der Waals surface area (Å²) in [7, 11) is 0. The van der Waals surface area contributed by atoms with Gasteiger partial charge in [-0.25, -0.2) is 0 Å². The van der Waals surface area contributed by atoms with Crippen molar-refractivity contribution in [3.05, 3.63) is 0 Å². The van der Waals surface area contributed by atoms with Crippen molar-refractivity contribution >= 4 is 11.8 Å². The average Bonchev–Trinajstić information content (AvgIpc) is 1.99. The van der Waals surface area contributed by atoms with Gasteiger partial charge in [-0.1, -0.05) is 20.8 Å². The Balaban J connectivity index is 3.42. The van der Waals surface area contributed by atoms with Crippen molar-refractivity contribution in [1.82, 2.24) is 5.32 Å². The largest absolute Gasteiger partial charge is 0.393 e. The molecule has 86 valence electrons. The van der Waals surface area contributed by atoms with E-state index in [9.17, 15) is 0 Å². The Kier molecular flexibility index (Phi) is 6.83. The second-order valence-electron chi connectivity index (χ2n) is 4.92. The Morgan fingerprint density at radius 3 is 2.29 bits per heavy atom. The molecule has 0 bridgehead atoms. The van der Waals surface area contributed by atoms with Crippen LogP contribution < -0.4 is 5.32 Å². The molecule has 0 spiro atoms. The van der Waals surface area contributed by atoms with Crippen LogP contribution in [0.15, 0.2) is 0 Å². The molecule has 0 amide bonds. The summed E-state index contributed by atoms with van der Waals surface area (Å²) in [5.41, 5.74) is 0. The topological polar surface area (TPSA) is 32.3 Å². The molecule has 0 saturated carbocycles. The molecule has 2 N–H and O–H groups in total. The zero-order valence-corrected chi connectivity index (χ0v) is 10.9. The number of rotatable bonds is 6. The molecule has 0 rings (SSSR count). The van der Waals surface area contributed by atoms with Gasteiger partial charge in [-0.3, -0.25) is 0 Å². The van der Waals surface area contributed by atoms with E-state index in [1.807, 2.05) is 18.7 Å². The maximum atomic E-state index is 9.08. The molecule has 0 aliphatic carbocycles. The molecular formula is C11H25NOS. The minimum absolute atomic E-state index is 0.190. The van der Waals surface area contributed by atoms with Crippen LogP contribution in [0.2, 0.25) is 0 Å². The van der Waals surface area contributed by atoms with Crippen LogP contribution in [-0.4, -0.2) is 34.3 Å². The van der Waals surface area contributed by atoms with Crippen molar-refractivity contribution < 1.29 is 5.11 Å². The first-order chi connectivity index (χ1) is 6.31. The fourth-order valence-electron chi connectivity index (χ4n) is 0.973. The monoisotopic (exact) mass is 219 g/mol. The molecule has 0 aromatic heterocycles. The van der Waals surface area contributed by atoms with Crippen LogP contribution >= 0.6 is 11.8 Å². The van der Waals surface area contributed by atoms with E-state index in [-0.39, 0.29) is 6.10 Å². The molecule has 0 radical (unpaired) electrons. The average molecular weight is 219 g/mol. The van der Waals surface area contributed by atoms with Crippen LogP contribution in [0.5, 0.6) is 0 Å². The summed E-state index contributed by atoms with van der Waals surface area (Å²) in [6.07, 6.45) is 0.648. The minimum atomic E-state index is -0.190. The van der Waals surface area contributed by atoms with Crippen molar-refractivity contribution in [2.24, 2.45) is 0 Å². The molecule has 2 atom stereocenters. The van der Waals surface area contributed by atoms with E-state index in [2.05, 4.69) is 33.0 Å². The van der Waals surface area contributed by atoms with Crippen molar-refractivity contribution in [2.75, 3.05) is 12.3 Å². The van der Waals surface area contributed by atoms with Gasteiger partial charge in [0, 0.05) is 16.5 Å². The smallest absolute Gasteiger partial charge is 0.0524 e. The zero-order chi connectivity index (χ0) is 11.2. The number of nitrogens with one attached hydrogen (secondary N) is 1. The molecule has 0 aliphatic heterocycles. The molecule has 3 heteroatoms. The van der Waals surface area contributed by atoms with Crippen LogP contribution in [0, 0.1) is 0 Å². The molecule has 0 aromatic rings. The summed E-state index contributed by atoms with van der Waals surface area (Å²) in [6, 6.07) is 0.526. The van der Waals surface area contributed by atoms with Gasteiger partial charge in [0.25, 0.3) is 0 Å². The van der Waals surface area contributed by atoms with E-state index in [4.69, 9.17) is 5.11 Å². The van der Waals surface area contributed by atoms with Gasteiger partial charge < -0.3 is 10.4 Å². The first kappa shape index (κ1) is 14.3. The van der Waals surface area contributed by atoms with Crippen LogP contribution in [0.4, 0.5) is 0 Å². The van der Waals surface area contributed by atoms with Crippen LogP contribution in [0.25, 0.3) is 0 Å². The first-order valence-corrected chi connectivity index (χ1v) is 6.35. The van der Waals surface area contributed by atoms with Gasteiger partial charge in [0.2, 0.25) is 0 Å². The lowest BCUT2D eigenvalue weighted by atomic mass is 10.2. The normalized spacial score (nSPS) is 16.7. The summed E-state index contributed by atoms with van der Waals surface area (Å²) in [5.74, 6) is 1.13. The lowest BCUT2D eigenvalue weighted by Crippen LogP contribution is -2.31. The molecule has 0 heterocycles. The van der Waals surface area contributed by atoms with Crippen molar-refractivity contribution in [3.8, 4) is 0 Å². The fourth-order valence-corrected chi connectivity index (χ4v) is 1.84. The molecule has 0 fully saturated rings. The maximum absolute atomic E-state index is 9.08. The summed E-state index contributed by atoms with van der Waals surface area (Å²) < 4.78 is 0.347. The van der Waals surface area contributed by atoms with Gasteiger partial charge in [-0.15, -0.1) is 0 Å². The molecule has 0 aliphatic rings. The molecule has 0 saturated heterocycles. The van der Waals surface area contributed by atoms with Gasteiger partial charge in [0.05, 0.1) is 6.10 Å². The fraction of sp³-hybridized carbons (Fsp3) is 1.00. The Bertz CT molecular complexity index is 143. The van der Waals surface area contributed by atoms with Gasteiger partial charge in [-0.05, 0) is 26.8 Å². The van der Waals surface area contributed by atoms with Crippen LogP contribution in [0.1, 0.15) is 41.0 Å². The standard InChI is InChI=1S/C11H25NOS/c1-9(8-14-11(3,4)5)12-7-6-10(2)13/h9-10,12-13H,6-8H2,1-5H3. The highest BCUT2D eigenvalue weighted by atomic mass is 32.2. The molecule has 0 aromatic carbocycles. The molecular weight excluding hydrogens is 194 g/mol. The summed E-state index contributed by atoms with van der Waals surface area (Å²) >= 11 is 1.98. The lowest BCUT2D eigenvalue weighted by Gasteiger charge is -2.21. The summed E-state index contributed by atoms with van der Waals surface area (Å²) in [4.78, 5) is 0. The molecule has 14 heavy (non-hydrogen) atoms. The van der Waals surface area contributed by atoms with Gasteiger partial charge >= 0.3 is 0 Å². The van der Waals surface area contributed by atoms with Gasteiger partial charge in [0.1, 0.15) is 0 Å². The quantitative estimate of drug-likeness (QED) is 0.719. The minimum Gasteiger partial charge on any atom is -0.393 e. The van der Waals surface area contributed by atoms with Crippen LogP contribution in [0.3, 0.4) is 0 Å².